The van der Waals surface area contributed by atoms with Crippen LogP contribution in [0.5, 0.6) is 0 Å². The second kappa shape index (κ2) is 5.02. The van der Waals surface area contributed by atoms with Gasteiger partial charge in [0, 0.05) is 18.0 Å². The van der Waals surface area contributed by atoms with Gasteiger partial charge in [0.1, 0.15) is 5.82 Å². The second-order valence-electron chi connectivity index (χ2n) is 4.85. The van der Waals surface area contributed by atoms with Crippen molar-refractivity contribution in [1.29, 1.82) is 0 Å². The number of aliphatic hydroxyl groups is 1. The van der Waals surface area contributed by atoms with Gasteiger partial charge in [-0.25, -0.2) is 4.39 Å². The maximum absolute atomic E-state index is 13.3. The Morgan fingerprint density at radius 3 is 3.00 bits per heavy atom. The van der Waals surface area contributed by atoms with Gasteiger partial charge in [-0.15, -0.1) is 0 Å². The molecule has 0 amide bonds. The molecule has 3 N–H and O–H groups in total. The van der Waals surface area contributed by atoms with Gasteiger partial charge in [-0.05, 0) is 32.5 Å². The molecule has 3 nitrogen and oxygen atoms in total. The van der Waals surface area contributed by atoms with Crippen LogP contribution in [0.3, 0.4) is 0 Å². The van der Waals surface area contributed by atoms with Gasteiger partial charge < -0.3 is 15.7 Å². The van der Waals surface area contributed by atoms with E-state index in [4.69, 9.17) is 5.73 Å². The summed E-state index contributed by atoms with van der Waals surface area (Å²) in [5.41, 5.74) is 6.27. The first-order chi connectivity index (χ1) is 8.09. The highest BCUT2D eigenvalue weighted by molar-refractivity contribution is 5.49. The smallest absolute Gasteiger partial charge is 0.146 e. The van der Waals surface area contributed by atoms with Crippen molar-refractivity contribution in [3.63, 3.8) is 0 Å². The fourth-order valence-electron chi connectivity index (χ4n) is 2.53. The summed E-state index contributed by atoms with van der Waals surface area (Å²) in [6.45, 7) is 1.89. The average Bonchev–Trinajstić information content (AvgIpc) is 2.32. The van der Waals surface area contributed by atoms with Gasteiger partial charge in [0.05, 0.1) is 11.8 Å². The van der Waals surface area contributed by atoms with Crippen LogP contribution < -0.4 is 5.73 Å². The number of anilines is 1. The number of nitrogen functional groups attached to an aromatic ring is 1. The average molecular weight is 238 g/mol. The van der Waals surface area contributed by atoms with Crippen LogP contribution in [0.1, 0.15) is 24.5 Å². The predicted molar refractivity (Wildman–Crippen MR) is 66.0 cm³/mol. The van der Waals surface area contributed by atoms with Crippen molar-refractivity contribution in [2.45, 2.75) is 18.9 Å². The molecule has 1 aromatic carbocycles. The van der Waals surface area contributed by atoms with Gasteiger partial charge in [0.25, 0.3) is 0 Å². The molecule has 0 radical (unpaired) electrons. The van der Waals surface area contributed by atoms with Crippen LogP contribution in [0.2, 0.25) is 0 Å². The number of hydrogen-bond donors (Lipinski definition) is 2. The lowest BCUT2D eigenvalue weighted by molar-refractivity contribution is 0.0595. The lowest BCUT2D eigenvalue weighted by Crippen LogP contribution is -2.35. The first-order valence-electron chi connectivity index (χ1n) is 6.00. The molecule has 1 aromatic rings. The number of nitrogens with zero attached hydrogens (tertiary/aromatic N) is 1. The molecule has 0 spiro atoms. The minimum atomic E-state index is -0.673. The van der Waals surface area contributed by atoms with E-state index in [9.17, 15) is 9.50 Å². The van der Waals surface area contributed by atoms with E-state index in [1.165, 1.54) is 6.07 Å². The topological polar surface area (TPSA) is 49.5 Å². The Morgan fingerprint density at radius 2 is 2.29 bits per heavy atom. The molecule has 0 aromatic heterocycles. The first kappa shape index (κ1) is 12.3. The third-order valence-corrected chi connectivity index (χ3v) is 3.51. The van der Waals surface area contributed by atoms with E-state index in [1.807, 2.05) is 7.05 Å². The van der Waals surface area contributed by atoms with Crippen molar-refractivity contribution in [3.8, 4) is 0 Å². The van der Waals surface area contributed by atoms with Crippen LogP contribution >= 0.6 is 0 Å². The molecule has 0 aliphatic carbocycles. The monoisotopic (exact) mass is 238 g/mol. The molecular formula is C13H19FN2O. The molecule has 1 aliphatic rings. The van der Waals surface area contributed by atoms with E-state index in [1.54, 1.807) is 12.1 Å². The third kappa shape index (κ3) is 2.58. The Bertz CT molecular complexity index is 397. The molecule has 2 unspecified atom stereocenters. The number of nitrogens with two attached hydrogens (primary N) is 1. The first-order valence-corrected chi connectivity index (χ1v) is 6.00. The number of halogens is 1. The number of para-hydroxylation sites is 1. The molecule has 17 heavy (non-hydrogen) atoms. The van der Waals surface area contributed by atoms with Crippen LogP contribution in [0.4, 0.5) is 10.1 Å². The quantitative estimate of drug-likeness (QED) is 0.772. The van der Waals surface area contributed by atoms with Crippen LogP contribution in [0.25, 0.3) is 0 Å². The van der Waals surface area contributed by atoms with E-state index in [0.29, 0.717) is 5.56 Å². The summed E-state index contributed by atoms with van der Waals surface area (Å²) in [5, 5.41) is 10.3. The summed E-state index contributed by atoms with van der Waals surface area (Å²) < 4.78 is 13.3. The zero-order valence-electron chi connectivity index (χ0n) is 10.1. The van der Waals surface area contributed by atoms with Crippen LogP contribution in [-0.4, -0.2) is 30.1 Å². The highest BCUT2D eigenvalue weighted by Crippen LogP contribution is 2.32. The molecule has 1 saturated heterocycles. The van der Waals surface area contributed by atoms with Crippen molar-refractivity contribution in [2.24, 2.45) is 5.92 Å². The standard InChI is InChI=1S/C13H19FN2O/c1-16-7-3-4-9(8-16)13(17)10-5-2-6-11(14)12(10)15/h2,5-6,9,13,17H,3-4,7-8,15H2,1H3. The zero-order valence-corrected chi connectivity index (χ0v) is 10.1. The molecule has 0 saturated carbocycles. The molecule has 94 valence electrons. The molecule has 2 atom stereocenters. The van der Waals surface area contributed by atoms with Gasteiger partial charge in [0.2, 0.25) is 0 Å². The van der Waals surface area contributed by atoms with Crippen LogP contribution in [0, 0.1) is 11.7 Å². The fraction of sp³-hybridized carbons (Fsp3) is 0.538. The lowest BCUT2D eigenvalue weighted by atomic mass is 9.88. The van der Waals surface area contributed by atoms with Gasteiger partial charge in [-0.2, -0.15) is 0 Å². The predicted octanol–water partition coefficient (Wildman–Crippen LogP) is 1.78. The summed E-state index contributed by atoms with van der Waals surface area (Å²) >= 11 is 0. The minimum absolute atomic E-state index is 0.0771. The maximum Gasteiger partial charge on any atom is 0.146 e. The summed E-state index contributed by atoms with van der Waals surface area (Å²) in [6.07, 6.45) is 1.35. The Balaban J connectivity index is 2.18. The molecule has 1 fully saturated rings. The normalized spacial score (nSPS) is 23.6. The highest BCUT2D eigenvalue weighted by atomic mass is 19.1. The molecular weight excluding hydrogens is 219 g/mol. The molecule has 1 aliphatic heterocycles. The van der Waals surface area contributed by atoms with Gasteiger partial charge in [-0.1, -0.05) is 12.1 Å². The summed E-state index contributed by atoms with van der Waals surface area (Å²) in [4.78, 5) is 2.19. The van der Waals surface area contributed by atoms with Gasteiger partial charge in [0.15, 0.2) is 0 Å². The highest BCUT2D eigenvalue weighted by Gasteiger charge is 2.27. The number of aliphatic hydroxyl groups excluding tert-OH is 1. The number of rotatable bonds is 2. The Labute approximate surface area is 101 Å². The number of hydrogen-bond acceptors (Lipinski definition) is 3. The van der Waals surface area contributed by atoms with E-state index in [-0.39, 0.29) is 11.6 Å². The van der Waals surface area contributed by atoms with E-state index >= 15 is 0 Å². The van der Waals surface area contributed by atoms with Crippen molar-refractivity contribution in [3.05, 3.63) is 29.6 Å². The van der Waals surface area contributed by atoms with E-state index in [0.717, 1.165) is 25.9 Å². The van der Waals surface area contributed by atoms with Crippen molar-refractivity contribution in [2.75, 3.05) is 25.9 Å². The van der Waals surface area contributed by atoms with E-state index < -0.39 is 11.9 Å². The van der Waals surface area contributed by atoms with E-state index in [2.05, 4.69) is 4.90 Å². The zero-order chi connectivity index (χ0) is 12.4. The molecule has 2 rings (SSSR count). The van der Waals surface area contributed by atoms with Crippen LogP contribution in [0.15, 0.2) is 18.2 Å². The number of benzene rings is 1. The van der Waals surface area contributed by atoms with Gasteiger partial charge in [-0.3, -0.25) is 0 Å². The van der Waals surface area contributed by atoms with Crippen molar-refractivity contribution < 1.29 is 9.50 Å². The summed E-state index contributed by atoms with van der Waals surface area (Å²) in [7, 11) is 2.04. The largest absolute Gasteiger partial charge is 0.396 e. The molecule has 1 heterocycles. The van der Waals surface area contributed by atoms with Crippen molar-refractivity contribution in [1.82, 2.24) is 4.90 Å². The third-order valence-electron chi connectivity index (χ3n) is 3.51. The minimum Gasteiger partial charge on any atom is -0.396 e. The second-order valence-corrected chi connectivity index (χ2v) is 4.85. The Morgan fingerprint density at radius 1 is 1.53 bits per heavy atom. The summed E-state index contributed by atoms with van der Waals surface area (Å²) in [5.74, 6) is -0.316. The Hall–Kier alpha value is -1.13. The van der Waals surface area contributed by atoms with Crippen molar-refractivity contribution >= 4 is 5.69 Å². The number of likely N-dealkylation sites (tertiary alicyclic amines) is 1. The molecule has 0 bridgehead atoms. The fourth-order valence-corrected chi connectivity index (χ4v) is 2.53. The lowest BCUT2D eigenvalue weighted by Gasteiger charge is -2.33. The Kier molecular flexibility index (Phi) is 3.64. The van der Waals surface area contributed by atoms with Gasteiger partial charge >= 0.3 is 0 Å². The molecule has 4 heteroatoms. The number of piperidine rings is 1. The maximum atomic E-state index is 13.3. The van der Waals surface area contributed by atoms with Crippen LogP contribution in [-0.2, 0) is 0 Å². The summed E-state index contributed by atoms with van der Waals surface area (Å²) in [6, 6.07) is 4.62. The SMILES string of the molecule is CN1CCCC(C(O)c2cccc(F)c2N)C1.